The van der Waals surface area contributed by atoms with Gasteiger partial charge in [0.2, 0.25) is 0 Å². The maximum Gasteiger partial charge on any atom is 0.0701 e. The average Bonchev–Trinajstić information content (AvgIpc) is 2.51. The van der Waals surface area contributed by atoms with Gasteiger partial charge in [0.25, 0.3) is 0 Å². The van der Waals surface area contributed by atoms with Crippen molar-refractivity contribution in [1.29, 1.82) is 0 Å². The molecule has 0 saturated heterocycles. The Morgan fingerprint density at radius 1 is 1.38 bits per heavy atom. The number of hydrogen-bond acceptors (Lipinski definition) is 1. The van der Waals surface area contributed by atoms with Crippen LogP contribution in [0.4, 0.5) is 0 Å². The summed E-state index contributed by atoms with van der Waals surface area (Å²) in [5, 5.41) is 0. The summed E-state index contributed by atoms with van der Waals surface area (Å²) in [4.78, 5) is 1.33. The Bertz CT molecular complexity index is 268. The minimum atomic E-state index is 0.0212. The van der Waals surface area contributed by atoms with E-state index in [4.69, 9.17) is 23.2 Å². The molecule has 4 heteroatoms. The maximum atomic E-state index is 5.87. The lowest BCUT2D eigenvalue weighted by Gasteiger charge is -2.22. The molecule has 0 unspecified atom stereocenters. The van der Waals surface area contributed by atoms with E-state index in [0.29, 0.717) is 11.8 Å². The summed E-state index contributed by atoms with van der Waals surface area (Å²) in [5.41, 5.74) is 0.0212. The van der Waals surface area contributed by atoms with Crippen LogP contribution in [-0.4, -0.2) is 11.8 Å². The van der Waals surface area contributed by atoms with E-state index in [-0.39, 0.29) is 5.41 Å². The fourth-order valence-corrected chi connectivity index (χ4v) is 3.17. The summed E-state index contributed by atoms with van der Waals surface area (Å²) in [6.45, 7) is 2.11. The van der Waals surface area contributed by atoms with Gasteiger partial charge in [-0.05, 0) is 39.9 Å². The molecule has 0 aliphatic rings. The quantitative estimate of drug-likeness (QED) is 0.716. The standard InChI is InChI=1S/C9H11BrCl2S/c1-9(5-11,6-12)4-7-2-3-8(10)13-7/h2-3H,4-6H2,1H3. The first-order chi connectivity index (χ1) is 6.09. The van der Waals surface area contributed by atoms with Crippen molar-refractivity contribution in [2.24, 2.45) is 5.41 Å². The van der Waals surface area contributed by atoms with Gasteiger partial charge in [0.15, 0.2) is 0 Å². The molecule has 1 aromatic rings. The topological polar surface area (TPSA) is 0 Å². The van der Waals surface area contributed by atoms with Gasteiger partial charge in [-0.25, -0.2) is 0 Å². The molecule has 0 bridgehead atoms. The van der Waals surface area contributed by atoms with Gasteiger partial charge >= 0.3 is 0 Å². The SMILES string of the molecule is CC(CCl)(CCl)Cc1ccc(Br)s1. The predicted molar refractivity (Wildman–Crippen MR) is 65.3 cm³/mol. The van der Waals surface area contributed by atoms with Crippen LogP contribution in [0.15, 0.2) is 15.9 Å². The third-order valence-corrected chi connectivity index (χ3v) is 4.79. The summed E-state index contributed by atoms with van der Waals surface area (Å²) >= 11 is 16.9. The van der Waals surface area contributed by atoms with Crippen LogP contribution < -0.4 is 0 Å². The number of thiophene rings is 1. The van der Waals surface area contributed by atoms with E-state index in [1.54, 1.807) is 11.3 Å². The van der Waals surface area contributed by atoms with E-state index in [9.17, 15) is 0 Å². The summed E-state index contributed by atoms with van der Waals surface area (Å²) in [5.74, 6) is 1.21. The van der Waals surface area contributed by atoms with E-state index in [1.165, 1.54) is 4.88 Å². The lowest BCUT2D eigenvalue weighted by Crippen LogP contribution is -2.23. The third kappa shape index (κ3) is 3.43. The molecule has 1 aromatic heterocycles. The van der Waals surface area contributed by atoms with Crippen molar-refractivity contribution in [2.45, 2.75) is 13.3 Å². The summed E-state index contributed by atoms with van der Waals surface area (Å²) < 4.78 is 1.16. The van der Waals surface area contributed by atoms with Crippen molar-refractivity contribution in [1.82, 2.24) is 0 Å². The Morgan fingerprint density at radius 2 is 2.00 bits per heavy atom. The van der Waals surface area contributed by atoms with Crippen molar-refractivity contribution < 1.29 is 0 Å². The molecule has 1 rings (SSSR count). The summed E-state index contributed by atoms with van der Waals surface area (Å²) in [6.07, 6.45) is 0.955. The molecule has 0 atom stereocenters. The van der Waals surface area contributed by atoms with Crippen molar-refractivity contribution in [3.63, 3.8) is 0 Å². The van der Waals surface area contributed by atoms with Crippen LogP contribution in [0.2, 0.25) is 0 Å². The second-order valence-corrected chi connectivity index (χ2v) is 6.54. The molecule has 0 aliphatic heterocycles. The summed E-state index contributed by atoms with van der Waals surface area (Å²) in [7, 11) is 0. The molecule has 0 nitrogen and oxygen atoms in total. The Hall–Kier alpha value is 0.760. The second kappa shape index (κ2) is 5.01. The van der Waals surface area contributed by atoms with E-state index < -0.39 is 0 Å². The lowest BCUT2D eigenvalue weighted by atomic mass is 9.91. The minimum absolute atomic E-state index is 0.0212. The highest BCUT2D eigenvalue weighted by Gasteiger charge is 2.23. The van der Waals surface area contributed by atoms with E-state index in [1.807, 2.05) is 0 Å². The Kier molecular flexibility index (Phi) is 4.56. The highest BCUT2D eigenvalue weighted by molar-refractivity contribution is 9.11. The maximum absolute atomic E-state index is 5.87. The Labute approximate surface area is 101 Å². The zero-order valence-corrected chi connectivity index (χ0v) is 11.2. The smallest absolute Gasteiger partial charge is 0.0701 e. The van der Waals surface area contributed by atoms with Crippen LogP contribution in [0.1, 0.15) is 11.8 Å². The average molecular weight is 302 g/mol. The first kappa shape index (κ1) is 11.8. The van der Waals surface area contributed by atoms with E-state index in [2.05, 4.69) is 35.0 Å². The first-order valence-electron chi connectivity index (χ1n) is 3.96. The number of hydrogen-bond donors (Lipinski definition) is 0. The summed E-state index contributed by atoms with van der Waals surface area (Å²) in [6, 6.07) is 4.18. The van der Waals surface area contributed by atoms with Gasteiger partial charge in [0.05, 0.1) is 3.79 Å². The predicted octanol–water partition coefficient (Wildman–Crippen LogP) is 4.54. The van der Waals surface area contributed by atoms with Crippen LogP contribution >= 0.6 is 50.5 Å². The zero-order chi connectivity index (χ0) is 9.90. The Balaban J connectivity index is 2.67. The van der Waals surface area contributed by atoms with Gasteiger partial charge < -0.3 is 0 Å². The highest BCUT2D eigenvalue weighted by atomic mass is 79.9. The van der Waals surface area contributed by atoms with E-state index >= 15 is 0 Å². The van der Waals surface area contributed by atoms with Gasteiger partial charge in [0.1, 0.15) is 0 Å². The van der Waals surface area contributed by atoms with Crippen LogP contribution in [0.25, 0.3) is 0 Å². The molecular weight excluding hydrogens is 291 g/mol. The molecule has 1 heterocycles. The normalized spacial score (nSPS) is 12.0. The fourth-order valence-electron chi connectivity index (χ4n) is 0.998. The van der Waals surface area contributed by atoms with Crippen LogP contribution in [0, 0.1) is 5.41 Å². The van der Waals surface area contributed by atoms with Crippen LogP contribution in [-0.2, 0) is 6.42 Å². The molecule has 0 fully saturated rings. The van der Waals surface area contributed by atoms with E-state index in [0.717, 1.165) is 10.2 Å². The molecule has 0 radical (unpaired) electrons. The number of alkyl halides is 2. The van der Waals surface area contributed by atoms with Crippen molar-refractivity contribution in [2.75, 3.05) is 11.8 Å². The molecule has 0 spiro atoms. The van der Waals surface area contributed by atoms with Crippen molar-refractivity contribution in [3.05, 3.63) is 20.8 Å². The van der Waals surface area contributed by atoms with Crippen LogP contribution in [0.3, 0.4) is 0 Å². The molecule has 0 amide bonds. The molecular formula is C9H11BrCl2S. The molecule has 0 aromatic carbocycles. The lowest BCUT2D eigenvalue weighted by molar-refractivity contribution is 0.429. The molecule has 0 saturated carbocycles. The van der Waals surface area contributed by atoms with Gasteiger partial charge in [0, 0.05) is 16.6 Å². The van der Waals surface area contributed by atoms with Gasteiger partial charge in [-0.2, -0.15) is 0 Å². The van der Waals surface area contributed by atoms with Crippen LogP contribution in [0.5, 0.6) is 0 Å². The molecule has 0 N–H and O–H groups in total. The highest BCUT2D eigenvalue weighted by Crippen LogP contribution is 2.31. The molecule has 0 aliphatic carbocycles. The zero-order valence-electron chi connectivity index (χ0n) is 7.32. The number of halogens is 3. The third-order valence-electron chi connectivity index (χ3n) is 1.88. The molecule has 74 valence electrons. The Morgan fingerprint density at radius 3 is 2.38 bits per heavy atom. The van der Waals surface area contributed by atoms with Gasteiger partial charge in [-0.3, -0.25) is 0 Å². The monoisotopic (exact) mass is 300 g/mol. The fraction of sp³-hybridized carbons (Fsp3) is 0.556. The second-order valence-electron chi connectivity index (χ2n) is 3.46. The van der Waals surface area contributed by atoms with Gasteiger partial charge in [-0.15, -0.1) is 34.5 Å². The minimum Gasteiger partial charge on any atom is -0.133 e. The largest absolute Gasteiger partial charge is 0.133 e. The van der Waals surface area contributed by atoms with Crippen molar-refractivity contribution >= 4 is 50.5 Å². The molecule has 13 heavy (non-hydrogen) atoms. The number of rotatable bonds is 4. The first-order valence-corrected chi connectivity index (χ1v) is 6.64. The van der Waals surface area contributed by atoms with Gasteiger partial charge in [-0.1, -0.05) is 6.92 Å². The van der Waals surface area contributed by atoms with Crippen molar-refractivity contribution in [3.8, 4) is 0 Å².